The number of anilines is 1. The molecule has 35 heavy (non-hydrogen) atoms. The standard InChI is InChI=1S/C26H32F2N2O5/c1-26(2,3)19-12-15-14-7-5-8-30(9-6-10-34-4)22(14)20(35-25(27)28)13-16(15)21-17(19)11-18(24(32)33)23(31)29-21/h11,13,19,25H,5-10,12H2,1-4H3,(H,29,31)(H,32,33)/t19-/m0/s1. The third kappa shape index (κ3) is 4.78. The van der Waals surface area contributed by atoms with Crippen molar-refractivity contribution in [2.24, 2.45) is 5.41 Å². The highest BCUT2D eigenvalue weighted by Gasteiger charge is 2.38. The van der Waals surface area contributed by atoms with E-state index in [2.05, 4.69) is 30.7 Å². The first-order valence-corrected chi connectivity index (χ1v) is 11.9. The Kier molecular flexibility index (Phi) is 6.90. The van der Waals surface area contributed by atoms with Crippen LogP contribution in [0.1, 0.15) is 66.6 Å². The quantitative estimate of drug-likeness (QED) is 0.541. The molecule has 190 valence electrons. The molecule has 1 aromatic heterocycles. The molecule has 0 saturated carbocycles. The Balaban J connectivity index is 1.97. The molecule has 2 aromatic rings. The van der Waals surface area contributed by atoms with Crippen LogP contribution in [-0.2, 0) is 17.6 Å². The summed E-state index contributed by atoms with van der Waals surface area (Å²) in [6.45, 7) is 5.18. The maximum absolute atomic E-state index is 13.5. The van der Waals surface area contributed by atoms with Gasteiger partial charge in [-0.05, 0) is 65.8 Å². The second-order valence-electron chi connectivity index (χ2n) is 10.3. The lowest BCUT2D eigenvalue weighted by atomic mass is 9.67. The number of pyridine rings is 1. The molecule has 0 radical (unpaired) electrons. The van der Waals surface area contributed by atoms with Crippen LogP contribution in [0, 0.1) is 5.41 Å². The van der Waals surface area contributed by atoms with Crippen LogP contribution in [0.25, 0.3) is 11.3 Å². The summed E-state index contributed by atoms with van der Waals surface area (Å²) < 4.78 is 37.2. The van der Waals surface area contributed by atoms with Gasteiger partial charge < -0.3 is 24.5 Å². The SMILES string of the molecule is COCCCN1CCCc2c3c(cc(OC(F)F)c21)-c1[nH]c(=O)c(C(=O)O)cc1[C@@H](C(C)(C)C)C3. The molecule has 1 aliphatic heterocycles. The van der Waals surface area contributed by atoms with E-state index in [4.69, 9.17) is 9.47 Å². The Morgan fingerprint density at radius 1 is 1.29 bits per heavy atom. The van der Waals surface area contributed by atoms with E-state index in [-0.39, 0.29) is 22.6 Å². The number of ether oxygens (including phenoxy) is 2. The number of carboxylic acid groups (broad SMARTS) is 1. The van der Waals surface area contributed by atoms with Gasteiger partial charge in [-0.2, -0.15) is 8.78 Å². The number of aromatic nitrogens is 1. The highest BCUT2D eigenvalue weighted by Crippen LogP contribution is 2.52. The molecule has 0 unspecified atom stereocenters. The number of nitrogens with zero attached hydrogens (tertiary/aromatic N) is 1. The van der Waals surface area contributed by atoms with Crippen molar-refractivity contribution < 1.29 is 28.2 Å². The van der Waals surface area contributed by atoms with Crippen molar-refractivity contribution in [2.45, 2.75) is 59.0 Å². The fourth-order valence-electron chi connectivity index (χ4n) is 5.47. The summed E-state index contributed by atoms with van der Waals surface area (Å²) in [6.07, 6.45) is 2.94. The normalized spacial score (nSPS) is 17.1. The van der Waals surface area contributed by atoms with Crippen LogP contribution in [0.15, 0.2) is 16.9 Å². The molecule has 0 spiro atoms. The van der Waals surface area contributed by atoms with Crippen molar-refractivity contribution in [2.75, 3.05) is 31.7 Å². The zero-order valence-corrected chi connectivity index (χ0v) is 20.5. The van der Waals surface area contributed by atoms with Gasteiger partial charge in [-0.3, -0.25) is 4.79 Å². The Labute approximate surface area is 203 Å². The van der Waals surface area contributed by atoms with Crippen LogP contribution in [0.5, 0.6) is 5.75 Å². The molecule has 0 fully saturated rings. The van der Waals surface area contributed by atoms with Crippen molar-refractivity contribution in [1.29, 1.82) is 0 Å². The largest absolute Gasteiger partial charge is 0.477 e. The summed E-state index contributed by atoms with van der Waals surface area (Å²) in [5.74, 6) is -1.30. The maximum atomic E-state index is 13.5. The average Bonchev–Trinajstić information content (AvgIpc) is 2.77. The number of hydrogen-bond donors (Lipinski definition) is 2. The Bertz CT molecular complexity index is 1190. The van der Waals surface area contributed by atoms with E-state index < -0.39 is 18.1 Å². The molecule has 9 heteroatoms. The van der Waals surface area contributed by atoms with Gasteiger partial charge in [0.15, 0.2) is 0 Å². The number of alkyl halides is 2. The number of carbonyl (C=O) groups is 1. The topological polar surface area (TPSA) is 91.9 Å². The molecule has 1 atom stereocenters. The number of rotatable bonds is 7. The first-order valence-electron chi connectivity index (χ1n) is 11.9. The number of methoxy groups -OCH3 is 1. The number of fused-ring (bicyclic) bond motifs is 5. The monoisotopic (exact) mass is 490 g/mol. The fourth-order valence-corrected chi connectivity index (χ4v) is 5.47. The summed E-state index contributed by atoms with van der Waals surface area (Å²) in [7, 11) is 1.63. The zero-order valence-electron chi connectivity index (χ0n) is 20.5. The van der Waals surface area contributed by atoms with Crippen LogP contribution >= 0.6 is 0 Å². The van der Waals surface area contributed by atoms with Crippen molar-refractivity contribution in [3.05, 3.63) is 44.7 Å². The van der Waals surface area contributed by atoms with Crippen LogP contribution in [0.4, 0.5) is 14.5 Å². The number of hydrogen-bond acceptors (Lipinski definition) is 5. The molecule has 0 amide bonds. The second-order valence-corrected chi connectivity index (χ2v) is 10.3. The van der Waals surface area contributed by atoms with E-state index in [9.17, 15) is 23.5 Å². The molecule has 2 N–H and O–H groups in total. The Morgan fingerprint density at radius 3 is 2.66 bits per heavy atom. The summed E-state index contributed by atoms with van der Waals surface area (Å²) in [5.41, 5.74) is 3.19. The van der Waals surface area contributed by atoms with E-state index in [1.165, 1.54) is 6.07 Å². The Morgan fingerprint density at radius 2 is 2.03 bits per heavy atom. The van der Waals surface area contributed by atoms with Crippen LogP contribution in [-0.4, -0.2) is 49.5 Å². The number of aromatic amines is 1. The lowest BCUT2D eigenvalue weighted by molar-refractivity contribution is -0.0495. The maximum Gasteiger partial charge on any atom is 0.387 e. The van der Waals surface area contributed by atoms with Gasteiger partial charge in [0.1, 0.15) is 11.3 Å². The van der Waals surface area contributed by atoms with Gasteiger partial charge in [0.25, 0.3) is 5.56 Å². The highest BCUT2D eigenvalue weighted by molar-refractivity contribution is 5.89. The first kappa shape index (κ1) is 25.2. The average molecular weight is 491 g/mol. The molecule has 2 aliphatic rings. The van der Waals surface area contributed by atoms with Gasteiger partial charge in [-0.15, -0.1) is 0 Å². The minimum absolute atomic E-state index is 0.0743. The second kappa shape index (κ2) is 9.60. The number of halogens is 2. The minimum atomic E-state index is -3.00. The molecule has 1 aliphatic carbocycles. The molecule has 2 heterocycles. The third-order valence-corrected chi connectivity index (χ3v) is 7.05. The van der Waals surface area contributed by atoms with Gasteiger partial charge >= 0.3 is 12.6 Å². The summed E-state index contributed by atoms with van der Waals surface area (Å²) in [6, 6.07) is 3.03. The fraction of sp³-hybridized carbons (Fsp3) is 0.538. The number of carboxylic acids is 1. The van der Waals surface area contributed by atoms with E-state index >= 15 is 0 Å². The van der Waals surface area contributed by atoms with E-state index in [0.29, 0.717) is 48.5 Å². The molecule has 7 nitrogen and oxygen atoms in total. The zero-order chi connectivity index (χ0) is 25.5. The molecule has 1 aromatic carbocycles. The predicted octanol–water partition coefficient (Wildman–Crippen LogP) is 4.82. The smallest absolute Gasteiger partial charge is 0.387 e. The lowest BCUT2D eigenvalue weighted by Gasteiger charge is -2.40. The number of benzene rings is 1. The Hall–Kier alpha value is -2.94. The van der Waals surface area contributed by atoms with Gasteiger partial charge in [-0.25, -0.2) is 4.79 Å². The van der Waals surface area contributed by atoms with Crippen molar-refractivity contribution in [3.63, 3.8) is 0 Å². The van der Waals surface area contributed by atoms with Crippen LogP contribution < -0.4 is 15.2 Å². The van der Waals surface area contributed by atoms with Crippen molar-refractivity contribution >= 4 is 11.7 Å². The lowest BCUT2D eigenvalue weighted by Crippen LogP contribution is -2.34. The summed E-state index contributed by atoms with van der Waals surface area (Å²) >= 11 is 0. The minimum Gasteiger partial charge on any atom is -0.477 e. The summed E-state index contributed by atoms with van der Waals surface area (Å²) in [5, 5.41) is 9.53. The molecular weight excluding hydrogens is 458 g/mol. The van der Waals surface area contributed by atoms with Gasteiger partial charge in [-0.1, -0.05) is 20.8 Å². The van der Waals surface area contributed by atoms with E-state index in [0.717, 1.165) is 30.5 Å². The van der Waals surface area contributed by atoms with Gasteiger partial charge in [0.05, 0.1) is 11.4 Å². The molecule has 4 rings (SSSR count). The number of aromatic carboxylic acids is 1. The highest BCUT2D eigenvalue weighted by atomic mass is 19.3. The molecule has 0 bridgehead atoms. The number of H-pyrrole nitrogens is 1. The molecular formula is C26H32F2N2O5. The van der Waals surface area contributed by atoms with Crippen molar-refractivity contribution in [1.82, 2.24) is 4.98 Å². The predicted molar refractivity (Wildman–Crippen MR) is 129 cm³/mol. The van der Waals surface area contributed by atoms with E-state index in [1.54, 1.807) is 13.2 Å². The summed E-state index contributed by atoms with van der Waals surface area (Å²) in [4.78, 5) is 29.2. The first-order chi connectivity index (χ1) is 16.5. The van der Waals surface area contributed by atoms with Crippen molar-refractivity contribution in [3.8, 4) is 17.0 Å². The number of nitrogens with one attached hydrogen (secondary N) is 1. The third-order valence-electron chi connectivity index (χ3n) is 7.05. The van der Waals surface area contributed by atoms with Gasteiger partial charge in [0.2, 0.25) is 0 Å². The van der Waals surface area contributed by atoms with Gasteiger partial charge in [0, 0.05) is 32.4 Å². The van der Waals surface area contributed by atoms with Crippen LogP contribution in [0.3, 0.4) is 0 Å². The molecule has 0 saturated heterocycles. The van der Waals surface area contributed by atoms with Crippen LogP contribution in [0.2, 0.25) is 0 Å². The van der Waals surface area contributed by atoms with E-state index in [1.807, 2.05) is 0 Å².